The van der Waals surface area contributed by atoms with Gasteiger partial charge in [-0.1, -0.05) is 51.1 Å². The van der Waals surface area contributed by atoms with Gasteiger partial charge in [-0.05, 0) is 30.9 Å². The third-order valence-corrected chi connectivity index (χ3v) is 6.93. The molecule has 2 aliphatic rings. The van der Waals surface area contributed by atoms with Crippen LogP contribution in [0, 0.1) is 5.92 Å². The van der Waals surface area contributed by atoms with E-state index in [1.807, 2.05) is 6.20 Å². The lowest BCUT2D eigenvalue weighted by molar-refractivity contribution is -0.193. The summed E-state index contributed by atoms with van der Waals surface area (Å²) < 4.78 is 65.9. The van der Waals surface area contributed by atoms with Gasteiger partial charge in [0.2, 0.25) is 5.91 Å². The van der Waals surface area contributed by atoms with Crippen molar-refractivity contribution in [2.75, 3.05) is 26.2 Å². The fourth-order valence-corrected chi connectivity index (χ4v) is 4.99. The quantitative estimate of drug-likeness (QED) is 0.469. The summed E-state index contributed by atoms with van der Waals surface area (Å²) in [6, 6.07) is 10.6. The van der Waals surface area contributed by atoms with Gasteiger partial charge in [-0.15, -0.1) is 0 Å². The highest BCUT2D eigenvalue weighted by Crippen LogP contribution is 2.42. The highest BCUT2D eigenvalue weighted by molar-refractivity contribution is 5.76. The summed E-state index contributed by atoms with van der Waals surface area (Å²) in [7, 11) is 0. The number of nitrogens with zero attached hydrogens (tertiary/aromatic N) is 4. The molecule has 9 nitrogen and oxygen atoms in total. The minimum absolute atomic E-state index is 0.0470. The molecule has 1 fully saturated rings. The average molecular weight is 609 g/mol. The van der Waals surface area contributed by atoms with Crippen LogP contribution >= 0.6 is 0 Å². The second-order valence-electron chi connectivity index (χ2n) is 10.2. The maximum absolute atomic E-state index is 12.6. The molecule has 1 amide bonds. The number of fused-ring (bicyclic) bond motifs is 2. The number of hydrogen-bond acceptors (Lipinski definition) is 5. The Morgan fingerprint density at radius 2 is 1.40 bits per heavy atom. The topological polar surface area (TPSA) is 116 Å². The molecular formula is C27H34F6N4O5. The first kappa shape index (κ1) is 34.6. The molecular weight excluding hydrogens is 574 g/mol. The molecule has 2 N–H and O–H groups in total. The number of halogens is 6. The Hall–Kier alpha value is -3.62. The Kier molecular flexibility index (Phi) is 11.6. The zero-order valence-electron chi connectivity index (χ0n) is 23.4. The van der Waals surface area contributed by atoms with Gasteiger partial charge in [0, 0.05) is 32.6 Å². The van der Waals surface area contributed by atoms with Gasteiger partial charge in [-0.25, -0.2) is 14.6 Å². The molecule has 0 unspecified atom stereocenters. The zero-order valence-corrected chi connectivity index (χ0v) is 23.4. The Labute approximate surface area is 238 Å². The number of carbonyl (C=O) groups is 3. The van der Waals surface area contributed by atoms with Crippen molar-refractivity contribution >= 4 is 17.8 Å². The lowest BCUT2D eigenvalue weighted by Crippen LogP contribution is -2.58. The first-order valence-electron chi connectivity index (χ1n) is 13.2. The molecule has 3 heterocycles. The van der Waals surface area contributed by atoms with Crippen LogP contribution in [0.5, 0.6) is 0 Å². The van der Waals surface area contributed by atoms with E-state index in [1.54, 1.807) is 0 Å². The molecule has 0 aliphatic carbocycles. The van der Waals surface area contributed by atoms with Crippen molar-refractivity contribution in [2.24, 2.45) is 5.92 Å². The minimum atomic E-state index is -5.08. The molecule has 42 heavy (non-hydrogen) atoms. The van der Waals surface area contributed by atoms with Crippen molar-refractivity contribution in [3.05, 3.63) is 42.4 Å². The predicted octanol–water partition coefficient (Wildman–Crippen LogP) is 5.02. The molecule has 1 saturated heterocycles. The number of imidazole rings is 1. The Morgan fingerprint density at radius 3 is 1.83 bits per heavy atom. The number of carboxylic acid groups (broad SMARTS) is 2. The van der Waals surface area contributed by atoms with Gasteiger partial charge < -0.3 is 19.7 Å². The summed E-state index contributed by atoms with van der Waals surface area (Å²) in [4.78, 5) is 40.0. The lowest BCUT2D eigenvalue weighted by Gasteiger charge is -2.50. The second kappa shape index (κ2) is 14.0. The van der Waals surface area contributed by atoms with Crippen LogP contribution in [-0.2, 0) is 26.5 Å². The standard InChI is InChI=1S/C23H32N4O.2C2HF3O2/c1-4-26-14-15-27-20(19-8-6-5-7-9-19)17-24-22(27)23(26)10-12-25(13-11-23)21(28)16-18(2)3;2*3-2(4,5)1(6)7/h5-9,17-18H,4,10-16H2,1-3H3;2*(H,6,7). The molecule has 0 saturated carbocycles. The Morgan fingerprint density at radius 1 is 0.905 bits per heavy atom. The van der Waals surface area contributed by atoms with Crippen molar-refractivity contribution in [1.29, 1.82) is 0 Å². The van der Waals surface area contributed by atoms with Gasteiger partial charge in [0.1, 0.15) is 5.82 Å². The van der Waals surface area contributed by atoms with E-state index in [4.69, 9.17) is 24.8 Å². The van der Waals surface area contributed by atoms with Crippen LogP contribution in [0.4, 0.5) is 26.3 Å². The number of hydrogen-bond donors (Lipinski definition) is 2. The van der Waals surface area contributed by atoms with Gasteiger partial charge in [-0.2, -0.15) is 26.3 Å². The second-order valence-corrected chi connectivity index (χ2v) is 10.2. The summed E-state index contributed by atoms with van der Waals surface area (Å²) in [6.07, 6.45) is -5.54. The molecule has 1 aromatic carbocycles. The van der Waals surface area contributed by atoms with Crippen LogP contribution < -0.4 is 0 Å². The van der Waals surface area contributed by atoms with Crippen LogP contribution in [0.3, 0.4) is 0 Å². The van der Waals surface area contributed by atoms with Crippen molar-refractivity contribution in [3.63, 3.8) is 0 Å². The third kappa shape index (κ3) is 8.69. The highest BCUT2D eigenvalue weighted by atomic mass is 19.4. The third-order valence-electron chi connectivity index (χ3n) is 6.93. The van der Waals surface area contributed by atoms with Crippen LogP contribution in [0.2, 0.25) is 0 Å². The van der Waals surface area contributed by atoms with E-state index in [1.165, 1.54) is 17.1 Å². The highest BCUT2D eigenvalue weighted by Gasteiger charge is 2.47. The monoisotopic (exact) mass is 608 g/mol. The zero-order chi connectivity index (χ0) is 31.9. The Bertz CT molecular complexity index is 1180. The average Bonchev–Trinajstić information content (AvgIpc) is 3.34. The number of benzene rings is 1. The lowest BCUT2D eigenvalue weighted by atomic mass is 9.83. The normalized spacial score (nSPS) is 16.6. The number of likely N-dealkylation sites (N-methyl/N-ethyl adjacent to an activating group) is 1. The molecule has 1 spiro atoms. The van der Waals surface area contributed by atoms with Gasteiger partial charge in [-0.3, -0.25) is 9.69 Å². The van der Waals surface area contributed by atoms with E-state index in [0.29, 0.717) is 18.2 Å². The van der Waals surface area contributed by atoms with Crippen LogP contribution in [0.15, 0.2) is 36.5 Å². The molecule has 15 heteroatoms. The molecule has 4 rings (SSSR count). The number of likely N-dealkylation sites (tertiary alicyclic amines) is 1. The number of piperidine rings is 1. The number of aliphatic carboxylic acids is 2. The summed E-state index contributed by atoms with van der Waals surface area (Å²) in [6.45, 7) is 11.2. The van der Waals surface area contributed by atoms with Crippen molar-refractivity contribution in [1.82, 2.24) is 19.4 Å². The summed E-state index contributed by atoms with van der Waals surface area (Å²) in [5, 5.41) is 14.2. The summed E-state index contributed by atoms with van der Waals surface area (Å²) in [5.74, 6) is -3.61. The van der Waals surface area contributed by atoms with E-state index in [9.17, 15) is 31.1 Å². The van der Waals surface area contributed by atoms with E-state index in [2.05, 4.69) is 65.5 Å². The maximum Gasteiger partial charge on any atom is 0.490 e. The number of rotatable bonds is 4. The fraction of sp³-hybridized carbons (Fsp3) is 0.556. The van der Waals surface area contributed by atoms with Crippen LogP contribution in [0.1, 0.15) is 45.9 Å². The number of aromatic nitrogens is 2. The minimum Gasteiger partial charge on any atom is -0.475 e. The van der Waals surface area contributed by atoms with Gasteiger partial charge >= 0.3 is 24.3 Å². The Balaban J connectivity index is 0.000000367. The van der Waals surface area contributed by atoms with E-state index in [0.717, 1.165) is 45.6 Å². The van der Waals surface area contributed by atoms with Crippen LogP contribution in [-0.4, -0.2) is 85.9 Å². The first-order valence-corrected chi connectivity index (χ1v) is 13.2. The molecule has 2 aromatic rings. The number of carbonyl (C=O) groups excluding carboxylic acids is 1. The van der Waals surface area contributed by atoms with E-state index in [-0.39, 0.29) is 5.54 Å². The molecule has 2 aliphatic heterocycles. The van der Waals surface area contributed by atoms with Crippen molar-refractivity contribution < 1.29 is 50.9 Å². The smallest absolute Gasteiger partial charge is 0.475 e. The number of alkyl halides is 6. The van der Waals surface area contributed by atoms with Gasteiger partial charge in [0.25, 0.3) is 0 Å². The fourth-order valence-electron chi connectivity index (χ4n) is 4.99. The molecule has 1 aromatic heterocycles. The molecule has 234 valence electrons. The van der Waals surface area contributed by atoms with Gasteiger partial charge in [0.05, 0.1) is 17.4 Å². The van der Waals surface area contributed by atoms with Gasteiger partial charge in [0.15, 0.2) is 0 Å². The summed E-state index contributed by atoms with van der Waals surface area (Å²) in [5.41, 5.74) is 2.39. The number of amides is 1. The largest absolute Gasteiger partial charge is 0.490 e. The van der Waals surface area contributed by atoms with Crippen LogP contribution in [0.25, 0.3) is 11.3 Å². The molecule has 0 atom stereocenters. The molecule has 0 bridgehead atoms. The summed E-state index contributed by atoms with van der Waals surface area (Å²) >= 11 is 0. The predicted molar refractivity (Wildman–Crippen MR) is 139 cm³/mol. The number of carboxylic acids is 2. The van der Waals surface area contributed by atoms with E-state index < -0.39 is 24.3 Å². The first-order chi connectivity index (χ1) is 19.4. The van der Waals surface area contributed by atoms with E-state index >= 15 is 0 Å². The SMILES string of the molecule is CCN1CCn2c(-c3ccccc3)cnc2C12CCN(C(=O)CC(C)C)CC2.O=C(O)C(F)(F)F.O=C(O)C(F)(F)F. The maximum atomic E-state index is 12.6. The van der Waals surface area contributed by atoms with Crippen molar-refractivity contribution in [3.8, 4) is 11.3 Å². The van der Waals surface area contributed by atoms with Crippen molar-refractivity contribution in [2.45, 2.75) is 64.5 Å². The molecule has 0 radical (unpaired) electrons.